The summed E-state index contributed by atoms with van der Waals surface area (Å²) in [5.74, 6) is 1.06. The van der Waals surface area contributed by atoms with Crippen molar-refractivity contribution in [3.05, 3.63) is 60.1 Å². The molecule has 0 N–H and O–H groups in total. The normalized spacial score (nSPS) is 20.2. The number of para-hydroxylation sites is 2. The molecule has 2 saturated heterocycles. The molecule has 0 bridgehead atoms. The Morgan fingerprint density at radius 1 is 1.15 bits per heavy atom. The van der Waals surface area contributed by atoms with E-state index in [-0.39, 0.29) is 16.2 Å². The Balaban J connectivity index is 1.52. The number of imide groups is 1. The Morgan fingerprint density at radius 3 is 2.69 bits per heavy atom. The van der Waals surface area contributed by atoms with Crippen molar-refractivity contribution in [1.29, 1.82) is 0 Å². The van der Waals surface area contributed by atoms with Crippen molar-refractivity contribution >= 4 is 34.4 Å². The van der Waals surface area contributed by atoms with Crippen LogP contribution in [-0.4, -0.2) is 35.3 Å². The van der Waals surface area contributed by atoms with Crippen LogP contribution < -0.4 is 14.5 Å². The Bertz CT molecular complexity index is 871. The van der Waals surface area contributed by atoms with E-state index in [1.54, 1.807) is 24.4 Å². The number of hydrogen-bond acceptors (Lipinski definition) is 6. The molecular formula is C19H17N3O3S. The number of aromatic nitrogens is 1. The van der Waals surface area contributed by atoms with Crippen LogP contribution in [0.5, 0.6) is 5.75 Å². The predicted molar refractivity (Wildman–Crippen MR) is 102 cm³/mol. The third kappa shape index (κ3) is 3.06. The van der Waals surface area contributed by atoms with Gasteiger partial charge in [-0.2, -0.15) is 0 Å². The van der Waals surface area contributed by atoms with Crippen LogP contribution in [0, 0.1) is 0 Å². The molecule has 3 heterocycles. The largest absolute Gasteiger partial charge is 0.486 e. The molecule has 0 radical (unpaired) electrons. The third-order valence-electron chi connectivity index (χ3n) is 4.35. The van der Waals surface area contributed by atoms with Crippen molar-refractivity contribution in [1.82, 2.24) is 4.98 Å². The summed E-state index contributed by atoms with van der Waals surface area (Å²) < 4.78 is 6.15. The molecule has 0 saturated carbocycles. The summed E-state index contributed by atoms with van der Waals surface area (Å²) in [5.41, 5.74) is 0.463. The minimum Gasteiger partial charge on any atom is -0.486 e. The summed E-state index contributed by atoms with van der Waals surface area (Å²) in [7, 11) is 0. The number of carbonyl (C=O) groups excluding carboxylic acids is 2. The SMILES string of the molecule is C=C1SC(=O)N(c2ccccc2OC2CCN(c3ccccn3)C2)C1=O. The van der Waals surface area contributed by atoms with Gasteiger partial charge in [-0.05, 0) is 36.0 Å². The van der Waals surface area contributed by atoms with Crippen LogP contribution in [0.3, 0.4) is 0 Å². The lowest BCUT2D eigenvalue weighted by molar-refractivity contribution is -0.113. The summed E-state index contributed by atoms with van der Waals surface area (Å²) in [6, 6.07) is 12.9. The van der Waals surface area contributed by atoms with Crippen LogP contribution in [0.4, 0.5) is 16.3 Å². The number of nitrogens with zero attached hydrogens (tertiary/aromatic N) is 3. The number of ether oxygens (including phenoxy) is 1. The van der Waals surface area contributed by atoms with Gasteiger partial charge in [-0.1, -0.05) is 24.8 Å². The van der Waals surface area contributed by atoms with Gasteiger partial charge in [0.2, 0.25) is 0 Å². The van der Waals surface area contributed by atoms with E-state index in [9.17, 15) is 9.59 Å². The second-order valence-corrected chi connectivity index (χ2v) is 7.11. The zero-order valence-corrected chi connectivity index (χ0v) is 14.8. The summed E-state index contributed by atoms with van der Waals surface area (Å²) in [6.45, 7) is 5.18. The Hall–Kier alpha value is -2.80. The molecule has 4 rings (SSSR count). The maximum absolute atomic E-state index is 12.3. The molecule has 2 aliphatic rings. The number of anilines is 2. The van der Waals surface area contributed by atoms with Crippen LogP contribution in [0.1, 0.15) is 6.42 Å². The zero-order valence-electron chi connectivity index (χ0n) is 14.0. The van der Waals surface area contributed by atoms with Crippen molar-refractivity contribution in [3.8, 4) is 5.75 Å². The minimum absolute atomic E-state index is 0.0400. The predicted octanol–water partition coefficient (Wildman–Crippen LogP) is 3.45. The van der Waals surface area contributed by atoms with Gasteiger partial charge in [0.15, 0.2) is 0 Å². The molecule has 1 aromatic heterocycles. The van der Waals surface area contributed by atoms with E-state index in [0.717, 1.165) is 35.4 Å². The first kappa shape index (κ1) is 16.7. The number of amides is 2. The molecular weight excluding hydrogens is 350 g/mol. The molecule has 26 heavy (non-hydrogen) atoms. The van der Waals surface area contributed by atoms with Crippen LogP contribution in [0.15, 0.2) is 60.1 Å². The van der Waals surface area contributed by atoms with Crippen LogP contribution >= 0.6 is 11.8 Å². The minimum atomic E-state index is -0.391. The number of carbonyl (C=O) groups is 2. The van der Waals surface area contributed by atoms with Crippen molar-refractivity contribution in [3.63, 3.8) is 0 Å². The smallest absolute Gasteiger partial charge is 0.298 e. The lowest BCUT2D eigenvalue weighted by Gasteiger charge is -2.21. The molecule has 6 nitrogen and oxygen atoms in total. The lowest BCUT2D eigenvalue weighted by Crippen LogP contribution is -2.29. The summed E-state index contributed by atoms with van der Waals surface area (Å²) in [6.07, 6.45) is 2.57. The number of rotatable bonds is 4. The molecule has 7 heteroatoms. The highest BCUT2D eigenvalue weighted by Gasteiger charge is 2.37. The number of thioether (sulfide) groups is 1. The van der Waals surface area contributed by atoms with E-state index in [4.69, 9.17) is 4.74 Å². The van der Waals surface area contributed by atoms with E-state index in [2.05, 4.69) is 16.5 Å². The molecule has 2 aliphatic heterocycles. The first-order chi connectivity index (χ1) is 12.6. The Kier molecular flexibility index (Phi) is 4.38. The second kappa shape index (κ2) is 6.84. The van der Waals surface area contributed by atoms with Crippen molar-refractivity contribution in [2.45, 2.75) is 12.5 Å². The van der Waals surface area contributed by atoms with Gasteiger partial charge in [-0.15, -0.1) is 0 Å². The fourth-order valence-corrected chi connectivity index (χ4v) is 3.77. The molecule has 0 aliphatic carbocycles. The molecule has 1 atom stereocenters. The Labute approximate surface area is 155 Å². The average molecular weight is 367 g/mol. The van der Waals surface area contributed by atoms with Crippen molar-refractivity contribution in [2.24, 2.45) is 0 Å². The molecule has 0 spiro atoms. The number of pyridine rings is 1. The maximum atomic E-state index is 12.3. The van der Waals surface area contributed by atoms with Gasteiger partial charge < -0.3 is 9.64 Å². The first-order valence-electron chi connectivity index (χ1n) is 8.30. The molecule has 2 amide bonds. The van der Waals surface area contributed by atoms with Gasteiger partial charge in [0.1, 0.15) is 17.7 Å². The average Bonchev–Trinajstić information content (AvgIpc) is 3.21. The monoisotopic (exact) mass is 367 g/mol. The van der Waals surface area contributed by atoms with Crippen molar-refractivity contribution < 1.29 is 14.3 Å². The standard InChI is InChI=1S/C19H17N3O3S/c1-13-18(23)22(19(24)26-13)15-6-2-3-7-16(15)25-14-9-11-21(12-14)17-8-4-5-10-20-17/h2-8,10,14H,1,9,11-12H2. The molecule has 2 aromatic rings. The lowest BCUT2D eigenvalue weighted by atomic mass is 10.2. The van der Waals surface area contributed by atoms with Gasteiger partial charge in [0.25, 0.3) is 11.1 Å². The van der Waals surface area contributed by atoms with E-state index in [0.29, 0.717) is 18.0 Å². The second-order valence-electron chi connectivity index (χ2n) is 6.06. The number of hydrogen-bond donors (Lipinski definition) is 0. The van der Waals surface area contributed by atoms with E-state index < -0.39 is 5.91 Å². The van der Waals surface area contributed by atoms with Gasteiger partial charge in [-0.3, -0.25) is 9.59 Å². The van der Waals surface area contributed by atoms with Gasteiger partial charge >= 0.3 is 0 Å². The van der Waals surface area contributed by atoms with Gasteiger partial charge in [0.05, 0.1) is 17.1 Å². The topological polar surface area (TPSA) is 62.7 Å². The van der Waals surface area contributed by atoms with E-state index in [1.807, 2.05) is 24.3 Å². The van der Waals surface area contributed by atoms with Crippen LogP contribution in [-0.2, 0) is 4.79 Å². The summed E-state index contributed by atoms with van der Waals surface area (Å²) in [5, 5.41) is -0.349. The first-order valence-corrected chi connectivity index (χ1v) is 9.12. The highest BCUT2D eigenvalue weighted by atomic mass is 32.2. The van der Waals surface area contributed by atoms with Gasteiger partial charge in [-0.25, -0.2) is 9.88 Å². The molecule has 1 unspecified atom stereocenters. The molecule has 132 valence electrons. The van der Waals surface area contributed by atoms with Crippen LogP contribution in [0.25, 0.3) is 0 Å². The highest BCUT2D eigenvalue weighted by Crippen LogP contribution is 2.38. The molecule has 2 fully saturated rings. The Morgan fingerprint density at radius 2 is 1.96 bits per heavy atom. The quantitative estimate of drug-likeness (QED) is 0.772. The maximum Gasteiger partial charge on any atom is 0.298 e. The molecule has 1 aromatic carbocycles. The fraction of sp³-hybridized carbons (Fsp3) is 0.211. The zero-order chi connectivity index (χ0) is 18.1. The van der Waals surface area contributed by atoms with E-state index in [1.165, 1.54) is 0 Å². The fourth-order valence-electron chi connectivity index (χ4n) is 3.10. The number of benzene rings is 1. The highest BCUT2D eigenvalue weighted by molar-refractivity contribution is 8.18. The van der Waals surface area contributed by atoms with Gasteiger partial charge in [0, 0.05) is 19.2 Å². The van der Waals surface area contributed by atoms with E-state index >= 15 is 0 Å². The summed E-state index contributed by atoms with van der Waals surface area (Å²) in [4.78, 5) is 32.3. The summed E-state index contributed by atoms with van der Waals surface area (Å²) >= 11 is 0.852. The van der Waals surface area contributed by atoms with Crippen molar-refractivity contribution in [2.75, 3.05) is 22.9 Å². The third-order valence-corrected chi connectivity index (χ3v) is 5.13. The van der Waals surface area contributed by atoms with Crippen LogP contribution in [0.2, 0.25) is 0 Å².